The van der Waals surface area contributed by atoms with E-state index in [9.17, 15) is 0 Å². The van der Waals surface area contributed by atoms with Gasteiger partial charge in [-0.2, -0.15) is 0 Å². The van der Waals surface area contributed by atoms with E-state index in [2.05, 4.69) is 41.3 Å². The molecule has 0 radical (unpaired) electrons. The third-order valence-electron chi connectivity index (χ3n) is 3.96. The molecule has 0 aliphatic rings. The van der Waals surface area contributed by atoms with Crippen LogP contribution in [-0.2, 0) is 6.54 Å². The van der Waals surface area contributed by atoms with Gasteiger partial charge < -0.3 is 20.1 Å². The first-order valence-corrected chi connectivity index (χ1v) is 8.45. The number of rotatable bonds is 9. The SMILES string of the molecule is CCN(CCNC(=NC)NCc1ccc(OC)c(OC)c1)C(C)C.I. The predicted molar refractivity (Wildman–Crippen MR) is 116 cm³/mol. The predicted octanol–water partition coefficient (Wildman–Crippen LogP) is 2.72. The van der Waals surface area contributed by atoms with Crippen molar-refractivity contribution >= 4 is 29.9 Å². The molecule has 0 unspecified atom stereocenters. The van der Waals surface area contributed by atoms with Gasteiger partial charge in [-0.1, -0.05) is 13.0 Å². The van der Waals surface area contributed by atoms with Crippen LogP contribution in [0.15, 0.2) is 23.2 Å². The van der Waals surface area contributed by atoms with Crippen LogP contribution in [0.4, 0.5) is 0 Å². The lowest BCUT2D eigenvalue weighted by Gasteiger charge is -2.25. The van der Waals surface area contributed by atoms with Crippen molar-refractivity contribution in [2.75, 3.05) is 40.9 Å². The second-order valence-electron chi connectivity index (χ2n) is 5.76. The van der Waals surface area contributed by atoms with E-state index in [4.69, 9.17) is 9.47 Å². The topological polar surface area (TPSA) is 58.1 Å². The largest absolute Gasteiger partial charge is 0.493 e. The molecule has 0 aromatic heterocycles. The van der Waals surface area contributed by atoms with Crippen molar-refractivity contribution in [3.05, 3.63) is 23.8 Å². The Hall–Kier alpha value is -1.22. The molecule has 0 fully saturated rings. The number of hydrogen-bond acceptors (Lipinski definition) is 4. The summed E-state index contributed by atoms with van der Waals surface area (Å²) in [5.74, 6) is 2.26. The summed E-state index contributed by atoms with van der Waals surface area (Å²) in [4.78, 5) is 6.68. The lowest BCUT2D eigenvalue weighted by molar-refractivity contribution is 0.237. The summed E-state index contributed by atoms with van der Waals surface area (Å²) < 4.78 is 10.6. The Balaban J connectivity index is 0.00000576. The molecule has 0 heterocycles. The number of nitrogens with zero attached hydrogens (tertiary/aromatic N) is 2. The number of likely N-dealkylation sites (N-methyl/N-ethyl adjacent to an activating group) is 1. The molecule has 0 aliphatic carbocycles. The van der Waals surface area contributed by atoms with Crippen LogP contribution in [0.5, 0.6) is 11.5 Å². The van der Waals surface area contributed by atoms with E-state index in [-0.39, 0.29) is 24.0 Å². The Morgan fingerprint density at radius 1 is 1.16 bits per heavy atom. The molecule has 144 valence electrons. The van der Waals surface area contributed by atoms with Gasteiger partial charge in [0.1, 0.15) is 0 Å². The second-order valence-corrected chi connectivity index (χ2v) is 5.76. The average molecular weight is 464 g/mol. The number of hydrogen-bond donors (Lipinski definition) is 2. The van der Waals surface area contributed by atoms with Crippen molar-refractivity contribution in [3.63, 3.8) is 0 Å². The highest BCUT2D eigenvalue weighted by Gasteiger charge is 2.07. The molecular weight excluding hydrogens is 431 g/mol. The Morgan fingerprint density at radius 2 is 1.84 bits per heavy atom. The van der Waals surface area contributed by atoms with Gasteiger partial charge in [-0.3, -0.25) is 9.89 Å². The number of nitrogens with one attached hydrogen (secondary N) is 2. The molecule has 0 atom stereocenters. The second kappa shape index (κ2) is 13.0. The van der Waals surface area contributed by atoms with E-state index in [0.717, 1.165) is 42.7 Å². The van der Waals surface area contributed by atoms with Crippen LogP contribution >= 0.6 is 24.0 Å². The van der Waals surface area contributed by atoms with E-state index in [1.165, 1.54) is 0 Å². The van der Waals surface area contributed by atoms with Gasteiger partial charge in [0.2, 0.25) is 0 Å². The zero-order valence-corrected chi connectivity index (χ0v) is 18.6. The van der Waals surface area contributed by atoms with Crippen molar-refractivity contribution < 1.29 is 9.47 Å². The lowest BCUT2D eigenvalue weighted by atomic mass is 10.2. The summed E-state index contributed by atoms with van der Waals surface area (Å²) >= 11 is 0. The first-order chi connectivity index (χ1) is 11.5. The maximum Gasteiger partial charge on any atom is 0.191 e. The van der Waals surface area contributed by atoms with Crippen LogP contribution < -0.4 is 20.1 Å². The van der Waals surface area contributed by atoms with E-state index in [0.29, 0.717) is 12.6 Å². The highest BCUT2D eigenvalue weighted by molar-refractivity contribution is 14.0. The van der Waals surface area contributed by atoms with Crippen LogP contribution in [0, 0.1) is 0 Å². The van der Waals surface area contributed by atoms with Crippen LogP contribution in [0.2, 0.25) is 0 Å². The first-order valence-electron chi connectivity index (χ1n) is 8.45. The van der Waals surface area contributed by atoms with Crippen molar-refractivity contribution in [2.24, 2.45) is 4.99 Å². The van der Waals surface area contributed by atoms with Crippen LogP contribution in [-0.4, -0.2) is 57.8 Å². The Kier molecular flexibility index (Phi) is 12.4. The molecule has 7 heteroatoms. The van der Waals surface area contributed by atoms with Crippen molar-refractivity contribution in [1.82, 2.24) is 15.5 Å². The Labute approximate surface area is 169 Å². The van der Waals surface area contributed by atoms with Gasteiger partial charge in [0.05, 0.1) is 14.2 Å². The molecule has 0 saturated carbocycles. The van der Waals surface area contributed by atoms with E-state index < -0.39 is 0 Å². The average Bonchev–Trinajstić information content (AvgIpc) is 2.60. The Bertz CT molecular complexity index is 524. The molecule has 0 saturated heterocycles. The van der Waals surface area contributed by atoms with Gasteiger partial charge in [-0.15, -0.1) is 24.0 Å². The zero-order chi connectivity index (χ0) is 17.9. The molecule has 2 N–H and O–H groups in total. The molecule has 0 amide bonds. The van der Waals surface area contributed by atoms with Crippen LogP contribution in [0.1, 0.15) is 26.3 Å². The van der Waals surface area contributed by atoms with Crippen LogP contribution in [0.25, 0.3) is 0 Å². The number of ether oxygens (including phenoxy) is 2. The van der Waals surface area contributed by atoms with Gasteiger partial charge in [0.15, 0.2) is 17.5 Å². The lowest BCUT2D eigenvalue weighted by Crippen LogP contribution is -2.42. The molecule has 1 aromatic carbocycles. The smallest absolute Gasteiger partial charge is 0.191 e. The zero-order valence-electron chi connectivity index (χ0n) is 16.3. The number of benzene rings is 1. The summed E-state index contributed by atoms with van der Waals surface area (Å²) in [6.07, 6.45) is 0. The molecule has 6 nitrogen and oxygen atoms in total. The highest BCUT2D eigenvalue weighted by Crippen LogP contribution is 2.27. The number of methoxy groups -OCH3 is 2. The molecule has 0 aliphatic heterocycles. The summed E-state index contributed by atoms with van der Waals surface area (Å²) in [6, 6.07) is 6.45. The number of aliphatic imine (C=N–C) groups is 1. The minimum Gasteiger partial charge on any atom is -0.493 e. The molecular formula is C18H33IN4O2. The fraction of sp³-hybridized carbons (Fsp3) is 0.611. The first kappa shape index (κ1) is 23.8. The van der Waals surface area contributed by atoms with Gasteiger partial charge in [-0.25, -0.2) is 0 Å². The monoisotopic (exact) mass is 464 g/mol. The maximum atomic E-state index is 5.33. The standard InChI is InChI=1S/C18H32N4O2.HI/c1-7-22(14(2)3)11-10-20-18(19-4)21-13-15-8-9-16(23-5)17(12-15)24-6;/h8-9,12,14H,7,10-11,13H2,1-6H3,(H2,19,20,21);1H. The number of halogens is 1. The van der Waals surface area contributed by atoms with Gasteiger partial charge in [0.25, 0.3) is 0 Å². The third kappa shape index (κ3) is 8.13. The Morgan fingerprint density at radius 3 is 2.36 bits per heavy atom. The fourth-order valence-corrected chi connectivity index (χ4v) is 2.50. The van der Waals surface area contributed by atoms with Crippen molar-refractivity contribution in [2.45, 2.75) is 33.4 Å². The van der Waals surface area contributed by atoms with Crippen LogP contribution in [0.3, 0.4) is 0 Å². The normalized spacial score (nSPS) is 11.3. The van der Waals surface area contributed by atoms with Gasteiger partial charge in [0, 0.05) is 32.7 Å². The quantitative estimate of drug-likeness (QED) is 0.335. The summed E-state index contributed by atoms with van der Waals surface area (Å²) in [6.45, 7) is 10.2. The third-order valence-corrected chi connectivity index (χ3v) is 3.96. The molecule has 0 bridgehead atoms. The van der Waals surface area contributed by atoms with E-state index >= 15 is 0 Å². The maximum absolute atomic E-state index is 5.33. The minimum absolute atomic E-state index is 0. The van der Waals surface area contributed by atoms with Crippen molar-refractivity contribution in [3.8, 4) is 11.5 Å². The minimum atomic E-state index is 0. The van der Waals surface area contributed by atoms with Crippen molar-refractivity contribution in [1.29, 1.82) is 0 Å². The summed E-state index contributed by atoms with van der Waals surface area (Å²) in [5.41, 5.74) is 1.10. The van der Waals surface area contributed by atoms with Gasteiger partial charge >= 0.3 is 0 Å². The van der Waals surface area contributed by atoms with Gasteiger partial charge in [-0.05, 0) is 38.1 Å². The fourth-order valence-electron chi connectivity index (χ4n) is 2.50. The summed E-state index contributed by atoms with van der Waals surface area (Å²) in [5, 5.41) is 6.67. The molecule has 0 spiro atoms. The van der Waals surface area contributed by atoms with E-state index in [1.54, 1.807) is 21.3 Å². The number of guanidine groups is 1. The van der Waals surface area contributed by atoms with E-state index in [1.807, 2.05) is 18.2 Å². The molecule has 1 aromatic rings. The molecule has 1 rings (SSSR count). The highest BCUT2D eigenvalue weighted by atomic mass is 127. The molecule has 25 heavy (non-hydrogen) atoms. The summed E-state index contributed by atoms with van der Waals surface area (Å²) in [7, 11) is 5.06.